The van der Waals surface area contributed by atoms with Crippen molar-refractivity contribution in [2.45, 2.75) is 6.42 Å². The van der Waals surface area contributed by atoms with Gasteiger partial charge in [0.05, 0.1) is 20.1 Å². The van der Waals surface area contributed by atoms with Crippen LogP contribution in [0.2, 0.25) is 0 Å². The Kier molecular flexibility index (Phi) is 5.51. The lowest BCUT2D eigenvalue weighted by atomic mass is 10.1. The van der Waals surface area contributed by atoms with Gasteiger partial charge >= 0.3 is 5.97 Å². The zero-order valence-corrected chi connectivity index (χ0v) is 12.4. The minimum atomic E-state index is -0.224. The summed E-state index contributed by atoms with van der Waals surface area (Å²) in [5.74, 6) is 0.645. The molecule has 0 spiro atoms. The number of hydrogen-bond donors (Lipinski definition) is 0. The number of nitrogens with zero attached hydrogens (tertiary/aromatic N) is 2. The van der Waals surface area contributed by atoms with E-state index in [1.807, 2.05) is 24.3 Å². The van der Waals surface area contributed by atoms with Gasteiger partial charge in [0.2, 0.25) is 0 Å². The molecule has 0 N–H and O–H groups in total. The van der Waals surface area contributed by atoms with E-state index in [4.69, 9.17) is 9.47 Å². The van der Waals surface area contributed by atoms with E-state index in [0.717, 1.165) is 16.6 Å². The standard InChI is InChI=1S/C16H20N2O3/c1-20-12-11-18(10-8-15(19)21-2)16-14-6-4-3-5-13(14)7-9-17-16/h3-7,9H,8,10-12H2,1-2H3. The van der Waals surface area contributed by atoms with E-state index in [-0.39, 0.29) is 5.97 Å². The highest BCUT2D eigenvalue weighted by atomic mass is 16.5. The van der Waals surface area contributed by atoms with Gasteiger partial charge in [-0.1, -0.05) is 24.3 Å². The minimum Gasteiger partial charge on any atom is -0.469 e. The molecular formula is C16H20N2O3. The Bertz CT molecular complexity index is 596. The van der Waals surface area contributed by atoms with Crippen LogP contribution >= 0.6 is 0 Å². The maximum absolute atomic E-state index is 11.4. The molecule has 0 aliphatic rings. The first-order valence-electron chi connectivity index (χ1n) is 6.90. The van der Waals surface area contributed by atoms with Crippen LogP contribution in [0.1, 0.15) is 6.42 Å². The van der Waals surface area contributed by atoms with Crippen molar-refractivity contribution in [2.75, 3.05) is 38.8 Å². The number of ether oxygens (including phenoxy) is 2. The summed E-state index contributed by atoms with van der Waals surface area (Å²) < 4.78 is 9.86. The van der Waals surface area contributed by atoms with Crippen molar-refractivity contribution in [1.82, 2.24) is 4.98 Å². The Labute approximate surface area is 124 Å². The summed E-state index contributed by atoms with van der Waals surface area (Å²) in [4.78, 5) is 17.9. The number of esters is 1. The number of fused-ring (bicyclic) bond motifs is 1. The average Bonchev–Trinajstić information content (AvgIpc) is 2.54. The van der Waals surface area contributed by atoms with E-state index in [1.165, 1.54) is 7.11 Å². The molecule has 0 aliphatic carbocycles. The summed E-state index contributed by atoms with van der Waals surface area (Å²) in [7, 11) is 3.06. The summed E-state index contributed by atoms with van der Waals surface area (Å²) in [5, 5.41) is 2.20. The molecule has 2 rings (SSSR count). The maximum atomic E-state index is 11.4. The highest BCUT2D eigenvalue weighted by Gasteiger charge is 2.13. The van der Waals surface area contributed by atoms with Gasteiger partial charge in [-0.25, -0.2) is 4.98 Å². The third kappa shape index (κ3) is 3.92. The van der Waals surface area contributed by atoms with Crippen LogP contribution in [-0.2, 0) is 14.3 Å². The van der Waals surface area contributed by atoms with Gasteiger partial charge in [0.1, 0.15) is 5.82 Å². The fraction of sp³-hybridized carbons (Fsp3) is 0.375. The van der Waals surface area contributed by atoms with Gasteiger partial charge in [-0.3, -0.25) is 4.79 Å². The Morgan fingerprint density at radius 3 is 2.76 bits per heavy atom. The first-order valence-corrected chi connectivity index (χ1v) is 6.90. The lowest BCUT2D eigenvalue weighted by Crippen LogP contribution is -2.30. The molecule has 0 bridgehead atoms. The molecular weight excluding hydrogens is 268 g/mol. The Morgan fingerprint density at radius 1 is 1.19 bits per heavy atom. The monoisotopic (exact) mass is 288 g/mol. The maximum Gasteiger partial charge on any atom is 0.307 e. The van der Waals surface area contributed by atoms with Gasteiger partial charge in [0.15, 0.2) is 0 Å². The molecule has 0 unspecified atom stereocenters. The third-order valence-electron chi connectivity index (χ3n) is 3.33. The number of anilines is 1. The molecule has 0 fully saturated rings. The quantitative estimate of drug-likeness (QED) is 0.731. The van der Waals surface area contributed by atoms with E-state index < -0.39 is 0 Å². The topological polar surface area (TPSA) is 51.7 Å². The molecule has 1 heterocycles. The Balaban J connectivity index is 2.27. The zero-order valence-electron chi connectivity index (χ0n) is 12.4. The van der Waals surface area contributed by atoms with Crippen molar-refractivity contribution in [3.63, 3.8) is 0 Å². The first-order chi connectivity index (χ1) is 10.3. The number of methoxy groups -OCH3 is 2. The van der Waals surface area contributed by atoms with Crippen molar-refractivity contribution in [2.24, 2.45) is 0 Å². The van der Waals surface area contributed by atoms with Crippen LogP contribution in [0.4, 0.5) is 5.82 Å². The van der Waals surface area contributed by atoms with Crippen LogP contribution in [0.15, 0.2) is 36.5 Å². The Hall–Kier alpha value is -2.14. The predicted molar refractivity (Wildman–Crippen MR) is 82.5 cm³/mol. The second kappa shape index (κ2) is 7.59. The lowest BCUT2D eigenvalue weighted by molar-refractivity contribution is -0.140. The predicted octanol–water partition coefficient (Wildman–Crippen LogP) is 2.25. The number of aromatic nitrogens is 1. The number of pyridine rings is 1. The van der Waals surface area contributed by atoms with Crippen LogP contribution < -0.4 is 4.90 Å². The molecule has 21 heavy (non-hydrogen) atoms. The molecule has 0 saturated carbocycles. The molecule has 1 aromatic heterocycles. The van der Waals surface area contributed by atoms with Crippen molar-refractivity contribution in [3.8, 4) is 0 Å². The third-order valence-corrected chi connectivity index (χ3v) is 3.33. The largest absolute Gasteiger partial charge is 0.469 e. The van der Waals surface area contributed by atoms with Crippen LogP contribution in [0, 0.1) is 0 Å². The van der Waals surface area contributed by atoms with E-state index in [9.17, 15) is 4.79 Å². The molecule has 2 aromatic rings. The fourth-order valence-electron chi connectivity index (χ4n) is 2.21. The SMILES string of the molecule is COCCN(CCC(=O)OC)c1nccc2ccccc12. The summed E-state index contributed by atoms with van der Waals surface area (Å²) in [6.45, 7) is 1.80. The lowest BCUT2D eigenvalue weighted by Gasteiger charge is -2.24. The number of carbonyl (C=O) groups excluding carboxylic acids is 1. The molecule has 5 nitrogen and oxygen atoms in total. The number of hydrogen-bond acceptors (Lipinski definition) is 5. The van der Waals surface area contributed by atoms with Crippen LogP contribution in [-0.4, -0.2) is 44.9 Å². The van der Waals surface area contributed by atoms with Gasteiger partial charge in [-0.05, 0) is 11.5 Å². The summed E-state index contributed by atoms with van der Waals surface area (Å²) in [5.41, 5.74) is 0. The fourth-order valence-corrected chi connectivity index (χ4v) is 2.21. The highest BCUT2D eigenvalue weighted by Crippen LogP contribution is 2.24. The highest BCUT2D eigenvalue weighted by molar-refractivity contribution is 5.92. The first kappa shape index (κ1) is 15.3. The minimum absolute atomic E-state index is 0.224. The number of benzene rings is 1. The number of carbonyl (C=O) groups is 1. The average molecular weight is 288 g/mol. The van der Waals surface area contributed by atoms with E-state index in [0.29, 0.717) is 26.1 Å². The van der Waals surface area contributed by atoms with E-state index in [1.54, 1.807) is 13.3 Å². The van der Waals surface area contributed by atoms with Gasteiger partial charge in [0, 0.05) is 31.8 Å². The molecule has 1 aromatic carbocycles. The molecule has 0 amide bonds. The van der Waals surface area contributed by atoms with Crippen molar-refractivity contribution < 1.29 is 14.3 Å². The molecule has 5 heteroatoms. The summed E-state index contributed by atoms with van der Waals surface area (Å²) in [6, 6.07) is 10.1. The molecule has 0 aliphatic heterocycles. The van der Waals surface area contributed by atoms with Crippen molar-refractivity contribution >= 4 is 22.6 Å². The second-order valence-corrected chi connectivity index (χ2v) is 4.66. The summed E-state index contributed by atoms with van der Waals surface area (Å²) >= 11 is 0. The molecule has 0 radical (unpaired) electrons. The number of rotatable bonds is 7. The van der Waals surface area contributed by atoms with Gasteiger partial charge in [-0.2, -0.15) is 0 Å². The van der Waals surface area contributed by atoms with Crippen LogP contribution in [0.25, 0.3) is 10.8 Å². The van der Waals surface area contributed by atoms with Crippen LogP contribution in [0.5, 0.6) is 0 Å². The van der Waals surface area contributed by atoms with Gasteiger partial charge in [0.25, 0.3) is 0 Å². The van der Waals surface area contributed by atoms with Gasteiger partial charge < -0.3 is 14.4 Å². The second-order valence-electron chi connectivity index (χ2n) is 4.66. The van der Waals surface area contributed by atoms with E-state index >= 15 is 0 Å². The van der Waals surface area contributed by atoms with Crippen molar-refractivity contribution in [3.05, 3.63) is 36.5 Å². The normalized spacial score (nSPS) is 10.6. The van der Waals surface area contributed by atoms with Crippen molar-refractivity contribution in [1.29, 1.82) is 0 Å². The zero-order chi connectivity index (χ0) is 15.1. The summed E-state index contributed by atoms with van der Waals surface area (Å²) in [6.07, 6.45) is 2.11. The van der Waals surface area contributed by atoms with E-state index in [2.05, 4.69) is 16.0 Å². The Morgan fingerprint density at radius 2 is 2.00 bits per heavy atom. The van der Waals surface area contributed by atoms with Crippen LogP contribution in [0.3, 0.4) is 0 Å². The molecule has 112 valence electrons. The smallest absolute Gasteiger partial charge is 0.307 e. The van der Waals surface area contributed by atoms with Gasteiger partial charge in [-0.15, -0.1) is 0 Å². The molecule has 0 atom stereocenters. The molecule has 0 saturated heterocycles.